The Morgan fingerprint density at radius 1 is 1.67 bits per heavy atom. The van der Waals surface area contributed by atoms with Crippen LogP contribution in [0, 0.1) is 12.3 Å². The van der Waals surface area contributed by atoms with Crippen molar-refractivity contribution in [1.29, 1.82) is 0 Å². The predicted octanol–water partition coefficient (Wildman–Crippen LogP) is 1.13. The maximum atomic E-state index is 5.43. The summed E-state index contributed by atoms with van der Waals surface area (Å²) in [6, 6.07) is 0.306. The largest absolute Gasteiger partial charge is 0.271 e. The Labute approximate surface area is 78.6 Å². The van der Waals surface area contributed by atoms with Crippen LogP contribution in [-0.4, -0.2) is 17.0 Å². The molecule has 0 aliphatic carbocycles. The highest BCUT2D eigenvalue weighted by atomic mass is 32.2. The fraction of sp³-hybridized carbons (Fsp3) is 0.778. The van der Waals surface area contributed by atoms with E-state index >= 15 is 0 Å². The minimum absolute atomic E-state index is 0.306. The molecular formula is C9H16N2S. The van der Waals surface area contributed by atoms with Crippen molar-refractivity contribution in [1.82, 2.24) is 5.43 Å². The molecule has 0 aromatic rings. The summed E-state index contributed by atoms with van der Waals surface area (Å²) < 4.78 is 0. The van der Waals surface area contributed by atoms with Crippen LogP contribution in [0.1, 0.15) is 25.7 Å². The van der Waals surface area contributed by atoms with E-state index in [4.69, 9.17) is 12.3 Å². The highest BCUT2D eigenvalue weighted by Gasteiger charge is 2.22. The van der Waals surface area contributed by atoms with Crippen LogP contribution in [0.15, 0.2) is 0 Å². The number of nitrogens with one attached hydrogen (secondary N) is 1. The van der Waals surface area contributed by atoms with Gasteiger partial charge in [-0.15, -0.1) is 12.3 Å². The van der Waals surface area contributed by atoms with Gasteiger partial charge < -0.3 is 0 Å². The number of terminal acetylenes is 1. The van der Waals surface area contributed by atoms with Gasteiger partial charge in [-0.2, -0.15) is 11.8 Å². The van der Waals surface area contributed by atoms with E-state index in [0.29, 0.717) is 11.3 Å². The van der Waals surface area contributed by atoms with Gasteiger partial charge in [-0.05, 0) is 18.6 Å². The molecule has 0 bridgehead atoms. The number of thioether (sulfide) groups is 1. The predicted molar refractivity (Wildman–Crippen MR) is 54.7 cm³/mol. The number of nitrogens with two attached hydrogens (primary N) is 1. The lowest BCUT2D eigenvalue weighted by molar-refractivity contribution is 0.482. The van der Waals surface area contributed by atoms with Crippen molar-refractivity contribution in [2.24, 2.45) is 5.84 Å². The van der Waals surface area contributed by atoms with E-state index in [-0.39, 0.29) is 0 Å². The molecule has 0 spiro atoms. The van der Waals surface area contributed by atoms with Gasteiger partial charge in [0.2, 0.25) is 0 Å². The molecule has 1 aliphatic rings. The molecule has 3 N–H and O–H groups in total. The first-order valence-corrected chi connectivity index (χ1v) is 5.44. The lowest BCUT2D eigenvalue weighted by Crippen LogP contribution is -2.43. The summed E-state index contributed by atoms with van der Waals surface area (Å²) >= 11 is 2.00. The summed E-state index contributed by atoms with van der Waals surface area (Å²) in [6.07, 6.45) is 9.91. The van der Waals surface area contributed by atoms with Crippen LogP contribution in [-0.2, 0) is 0 Å². The molecule has 2 unspecified atom stereocenters. The topological polar surface area (TPSA) is 38.0 Å². The SMILES string of the molecule is C#CCC(NN)C1CCCCS1. The Hall–Kier alpha value is -0.170. The molecule has 0 amide bonds. The number of rotatable bonds is 3. The second-order valence-corrected chi connectivity index (χ2v) is 4.43. The van der Waals surface area contributed by atoms with Gasteiger partial charge in [0.15, 0.2) is 0 Å². The highest BCUT2D eigenvalue weighted by Crippen LogP contribution is 2.28. The van der Waals surface area contributed by atoms with E-state index in [9.17, 15) is 0 Å². The summed E-state index contributed by atoms with van der Waals surface area (Å²) in [4.78, 5) is 0. The summed E-state index contributed by atoms with van der Waals surface area (Å²) in [5, 5.41) is 0.625. The number of hydrazine groups is 1. The van der Waals surface area contributed by atoms with Crippen molar-refractivity contribution in [3.63, 3.8) is 0 Å². The molecule has 0 aromatic carbocycles. The Morgan fingerprint density at radius 3 is 3.00 bits per heavy atom. The minimum Gasteiger partial charge on any atom is -0.271 e. The molecule has 1 saturated heterocycles. The second kappa shape index (κ2) is 5.47. The van der Waals surface area contributed by atoms with Gasteiger partial charge in [0, 0.05) is 17.7 Å². The maximum absolute atomic E-state index is 5.43. The Morgan fingerprint density at radius 2 is 2.50 bits per heavy atom. The first-order chi connectivity index (χ1) is 5.88. The molecule has 0 saturated carbocycles. The van der Waals surface area contributed by atoms with E-state index in [1.165, 1.54) is 25.0 Å². The van der Waals surface area contributed by atoms with Crippen LogP contribution >= 0.6 is 11.8 Å². The van der Waals surface area contributed by atoms with Gasteiger partial charge in [-0.1, -0.05) is 6.42 Å². The third-order valence-corrected chi connectivity index (χ3v) is 3.73. The molecule has 12 heavy (non-hydrogen) atoms. The zero-order valence-electron chi connectivity index (χ0n) is 7.25. The molecule has 2 atom stereocenters. The van der Waals surface area contributed by atoms with Crippen LogP contribution < -0.4 is 11.3 Å². The summed E-state index contributed by atoms with van der Waals surface area (Å²) in [7, 11) is 0. The average molecular weight is 184 g/mol. The van der Waals surface area contributed by atoms with E-state index in [1.54, 1.807) is 0 Å². The Kier molecular flexibility index (Phi) is 4.52. The van der Waals surface area contributed by atoms with Gasteiger partial charge >= 0.3 is 0 Å². The van der Waals surface area contributed by atoms with Crippen LogP contribution in [0.4, 0.5) is 0 Å². The normalized spacial score (nSPS) is 26.2. The van der Waals surface area contributed by atoms with Crippen LogP contribution in [0.5, 0.6) is 0 Å². The number of hydrogen-bond donors (Lipinski definition) is 2. The molecule has 1 fully saturated rings. The Bertz CT molecular complexity index is 158. The van der Waals surface area contributed by atoms with Crippen molar-refractivity contribution < 1.29 is 0 Å². The average Bonchev–Trinajstić information content (AvgIpc) is 2.15. The first kappa shape index (κ1) is 9.91. The van der Waals surface area contributed by atoms with Gasteiger partial charge in [0.25, 0.3) is 0 Å². The van der Waals surface area contributed by atoms with Gasteiger partial charge in [-0.3, -0.25) is 11.3 Å². The monoisotopic (exact) mass is 184 g/mol. The standard InChI is InChI=1S/C9H16N2S/c1-2-5-8(11-10)9-6-3-4-7-12-9/h1,8-9,11H,3-7,10H2. The van der Waals surface area contributed by atoms with Crippen molar-refractivity contribution >= 4 is 11.8 Å². The lowest BCUT2D eigenvalue weighted by Gasteiger charge is -2.27. The second-order valence-electron chi connectivity index (χ2n) is 3.09. The molecule has 1 heterocycles. The third kappa shape index (κ3) is 2.71. The Balaban J connectivity index is 2.36. The smallest absolute Gasteiger partial charge is 0.0438 e. The van der Waals surface area contributed by atoms with Crippen molar-refractivity contribution in [2.75, 3.05) is 5.75 Å². The van der Waals surface area contributed by atoms with Gasteiger partial charge in [0.1, 0.15) is 0 Å². The molecule has 2 nitrogen and oxygen atoms in total. The molecule has 68 valence electrons. The molecule has 1 aliphatic heterocycles. The maximum Gasteiger partial charge on any atom is 0.0438 e. The van der Waals surface area contributed by atoms with Gasteiger partial charge in [0.05, 0.1) is 0 Å². The lowest BCUT2D eigenvalue weighted by atomic mass is 10.1. The first-order valence-electron chi connectivity index (χ1n) is 4.39. The van der Waals surface area contributed by atoms with E-state index in [0.717, 1.165) is 6.42 Å². The fourth-order valence-electron chi connectivity index (χ4n) is 1.51. The highest BCUT2D eigenvalue weighted by molar-refractivity contribution is 8.00. The molecule has 1 rings (SSSR count). The summed E-state index contributed by atoms with van der Waals surface area (Å²) in [5.41, 5.74) is 2.81. The molecule has 3 heteroatoms. The van der Waals surface area contributed by atoms with Crippen molar-refractivity contribution in [2.45, 2.75) is 37.0 Å². The summed E-state index contributed by atoms with van der Waals surface area (Å²) in [5.74, 6) is 9.35. The molecule has 0 aromatic heterocycles. The number of hydrogen-bond acceptors (Lipinski definition) is 3. The summed E-state index contributed by atoms with van der Waals surface area (Å²) in [6.45, 7) is 0. The molecule has 0 radical (unpaired) electrons. The molecular weight excluding hydrogens is 168 g/mol. The zero-order valence-corrected chi connectivity index (χ0v) is 8.07. The van der Waals surface area contributed by atoms with E-state index < -0.39 is 0 Å². The quantitative estimate of drug-likeness (QED) is 0.392. The van der Waals surface area contributed by atoms with Gasteiger partial charge in [-0.25, -0.2) is 0 Å². The third-order valence-electron chi connectivity index (χ3n) is 2.22. The zero-order chi connectivity index (χ0) is 8.81. The van der Waals surface area contributed by atoms with Crippen LogP contribution in [0.3, 0.4) is 0 Å². The van der Waals surface area contributed by atoms with Crippen molar-refractivity contribution in [3.05, 3.63) is 0 Å². The van der Waals surface area contributed by atoms with E-state index in [1.807, 2.05) is 11.8 Å². The van der Waals surface area contributed by atoms with Crippen LogP contribution in [0.25, 0.3) is 0 Å². The fourth-order valence-corrected chi connectivity index (χ4v) is 2.92. The minimum atomic E-state index is 0.306. The van der Waals surface area contributed by atoms with E-state index in [2.05, 4.69) is 11.3 Å². The van der Waals surface area contributed by atoms with Crippen molar-refractivity contribution in [3.8, 4) is 12.3 Å². The van der Waals surface area contributed by atoms with Crippen LogP contribution in [0.2, 0.25) is 0 Å².